The number of nitrogens with zero attached hydrogens (tertiary/aromatic N) is 1. The van der Waals surface area contributed by atoms with E-state index in [9.17, 15) is 0 Å². The van der Waals surface area contributed by atoms with Crippen LogP contribution in [0, 0.1) is 0 Å². The van der Waals surface area contributed by atoms with Gasteiger partial charge in [-0.05, 0) is 26.5 Å². The van der Waals surface area contributed by atoms with Crippen molar-refractivity contribution < 1.29 is 9.96 Å². The quantitative estimate of drug-likeness (QED) is 0.474. The molecule has 0 atom stereocenters. The molecule has 0 spiro atoms. The standard InChI is InChI=1S/C10H24NS.H2O/c1-5-11(6-2,7-3)9-10-12-8-4;/h5-10H2,1-4H3;1H2/q+1;/p-1. The van der Waals surface area contributed by atoms with E-state index >= 15 is 0 Å². The van der Waals surface area contributed by atoms with Crippen LogP contribution in [0.3, 0.4) is 0 Å². The molecule has 0 aliphatic rings. The fourth-order valence-electron chi connectivity index (χ4n) is 1.55. The van der Waals surface area contributed by atoms with Crippen LogP contribution in [0.5, 0.6) is 0 Å². The highest BCUT2D eigenvalue weighted by molar-refractivity contribution is 7.99. The molecular weight excluding hydrogens is 182 g/mol. The van der Waals surface area contributed by atoms with Crippen LogP contribution in [0.1, 0.15) is 27.7 Å². The summed E-state index contributed by atoms with van der Waals surface area (Å²) < 4.78 is 1.30. The second-order valence-electron chi connectivity index (χ2n) is 3.21. The third kappa shape index (κ3) is 5.55. The minimum atomic E-state index is 0. The lowest BCUT2D eigenvalue weighted by molar-refractivity contribution is -0.920. The topological polar surface area (TPSA) is 30.0 Å². The third-order valence-corrected chi connectivity index (χ3v) is 3.81. The fourth-order valence-corrected chi connectivity index (χ4v) is 2.35. The summed E-state index contributed by atoms with van der Waals surface area (Å²) in [5.41, 5.74) is 0. The Kier molecular flexibility index (Phi) is 10.7. The maximum atomic E-state index is 2.31. The fraction of sp³-hybridized carbons (Fsp3) is 1.00. The zero-order chi connectivity index (χ0) is 9.45. The van der Waals surface area contributed by atoms with Gasteiger partial charge in [-0.3, -0.25) is 0 Å². The number of rotatable bonds is 7. The van der Waals surface area contributed by atoms with Crippen LogP contribution in [-0.2, 0) is 0 Å². The molecule has 0 aromatic heterocycles. The van der Waals surface area contributed by atoms with Crippen molar-refractivity contribution in [2.45, 2.75) is 27.7 Å². The lowest BCUT2D eigenvalue weighted by atomic mass is 10.3. The van der Waals surface area contributed by atoms with Crippen molar-refractivity contribution in [2.75, 3.05) is 37.7 Å². The second kappa shape index (κ2) is 8.85. The van der Waals surface area contributed by atoms with Gasteiger partial charge in [0.1, 0.15) is 0 Å². The van der Waals surface area contributed by atoms with Crippen LogP contribution < -0.4 is 0 Å². The first kappa shape index (κ1) is 15.7. The molecule has 0 amide bonds. The molecule has 0 saturated carbocycles. The van der Waals surface area contributed by atoms with Crippen LogP contribution in [0.15, 0.2) is 0 Å². The molecule has 0 saturated heterocycles. The Bertz CT molecular complexity index is 96.8. The number of hydrogen-bond donors (Lipinski definition) is 0. The average molecular weight is 207 g/mol. The van der Waals surface area contributed by atoms with E-state index in [1.807, 2.05) is 0 Å². The molecule has 0 bridgehead atoms. The lowest BCUT2D eigenvalue weighted by Gasteiger charge is -2.35. The molecule has 0 aromatic rings. The molecule has 2 nitrogen and oxygen atoms in total. The summed E-state index contributed by atoms with van der Waals surface area (Å²) in [6, 6.07) is 0. The van der Waals surface area contributed by atoms with Gasteiger partial charge in [-0.1, -0.05) is 6.92 Å². The van der Waals surface area contributed by atoms with Crippen molar-refractivity contribution in [1.82, 2.24) is 0 Å². The van der Waals surface area contributed by atoms with Gasteiger partial charge in [0, 0.05) is 5.75 Å². The zero-order valence-electron chi connectivity index (χ0n) is 9.55. The van der Waals surface area contributed by atoms with Crippen LogP contribution in [0.25, 0.3) is 0 Å². The van der Waals surface area contributed by atoms with Crippen LogP contribution >= 0.6 is 11.8 Å². The molecule has 0 aliphatic carbocycles. The first-order valence-electron chi connectivity index (χ1n) is 5.17. The molecule has 0 heterocycles. The van der Waals surface area contributed by atoms with Crippen LogP contribution in [-0.4, -0.2) is 47.6 Å². The highest BCUT2D eigenvalue weighted by Crippen LogP contribution is 2.09. The summed E-state index contributed by atoms with van der Waals surface area (Å²) >= 11 is 2.07. The van der Waals surface area contributed by atoms with E-state index in [2.05, 4.69) is 39.5 Å². The monoisotopic (exact) mass is 207 g/mol. The van der Waals surface area contributed by atoms with Crippen molar-refractivity contribution in [3.8, 4) is 0 Å². The van der Waals surface area contributed by atoms with E-state index in [4.69, 9.17) is 0 Å². The van der Waals surface area contributed by atoms with E-state index in [-0.39, 0.29) is 5.48 Å². The molecule has 0 aromatic carbocycles. The van der Waals surface area contributed by atoms with Gasteiger partial charge < -0.3 is 9.96 Å². The van der Waals surface area contributed by atoms with Gasteiger partial charge in [-0.15, -0.1) is 0 Å². The summed E-state index contributed by atoms with van der Waals surface area (Å²) in [4.78, 5) is 0. The molecule has 13 heavy (non-hydrogen) atoms. The van der Waals surface area contributed by atoms with Crippen molar-refractivity contribution in [1.29, 1.82) is 0 Å². The second-order valence-corrected chi connectivity index (χ2v) is 4.60. The van der Waals surface area contributed by atoms with E-state index in [1.165, 1.54) is 42.2 Å². The summed E-state index contributed by atoms with van der Waals surface area (Å²) in [5.74, 6) is 2.59. The summed E-state index contributed by atoms with van der Waals surface area (Å²) in [6.07, 6.45) is 0. The van der Waals surface area contributed by atoms with Crippen molar-refractivity contribution in [2.24, 2.45) is 0 Å². The van der Waals surface area contributed by atoms with E-state index in [0.29, 0.717) is 0 Å². The Balaban J connectivity index is 0. The van der Waals surface area contributed by atoms with Gasteiger partial charge >= 0.3 is 0 Å². The van der Waals surface area contributed by atoms with E-state index in [0.717, 1.165) is 0 Å². The molecule has 0 aliphatic heterocycles. The van der Waals surface area contributed by atoms with Crippen molar-refractivity contribution in [3.63, 3.8) is 0 Å². The van der Waals surface area contributed by atoms with Crippen molar-refractivity contribution >= 4 is 11.8 Å². The highest BCUT2D eigenvalue weighted by atomic mass is 32.2. The molecule has 0 radical (unpaired) electrons. The third-order valence-electron chi connectivity index (χ3n) is 2.93. The normalized spacial score (nSPS) is 11.1. The predicted octanol–water partition coefficient (Wildman–Crippen LogP) is 2.44. The average Bonchev–Trinajstić information content (AvgIpc) is 2.14. The largest absolute Gasteiger partial charge is 0.870 e. The molecular formula is C10H25NOS. The van der Waals surface area contributed by atoms with Gasteiger partial charge in [0.15, 0.2) is 0 Å². The molecule has 82 valence electrons. The lowest BCUT2D eigenvalue weighted by Crippen LogP contribution is -2.48. The Morgan fingerprint density at radius 3 is 1.69 bits per heavy atom. The molecule has 0 unspecified atom stereocenters. The zero-order valence-corrected chi connectivity index (χ0v) is 10.4. The van der Waals surface area contributed by atoms with Gasteiger partial charge in [-0.2, -0.15) is 11.8 Å². The first-order valence-corrected chi connectivity index (χ1v) is 6.33. The minimum absolute atomic E-state index is 0. The summed E-state index contributed by atoms with van der Waals surface area (Å²) in [6.45, 7) is 14.4. The van der Waals surface area contributed by atoms with Crippen molar-refractivity contribution in [3.05, 3.63) is 0 Å². The number of thioether (sulfide) groups is 1. The Hall–Kier alpha value is 0.270. The van der Waals surface area contributed by atoms with Gasteiger partial charge in [0.05, 0.1) is 26.2 Å². The number of quaternary nitrogens is 1. The van der Waals surface area contributed by atoms with Gasteiger partial charge in [0.25, 0.3) is 0 Å². The van der Waals surface area contributed by atoms with E-state index < -0.39 is 0 Å². The minimum Gasteiger partial charge on any atom is -0.870 e. The SMILES string of the molecule is CCSCC[N+](CC)(CC)CC.[OH-]. The maximum absolute atomic E-state index is 2.31. The highest BCUT2D eigenvalue weighted by Gasteiger charge is 2.19. The predicted molar refractivity (Wildman–Crippen MR) is 61.7 cm³/mol. The van der Waals surface area contributed by atoms with Crippen LogP contribution in [0.4, 0.5) is 0 Å². The molecule has 3 heteroatoms. The molecule has 0 fully saturated rings. The summed E-state index contributed by atoms with van der Waals surface area (Å²) in [5, 5.41) is 0. The maximum Gasteiger partial charge on any atom is 0.0878 e. The van der Waals surface area contributed by atoms with Gasteiger partial charge in [0.2, 0.25) is 0 Å². The Labute approximate surface area is 87.6 Å². The number of hydrogen-bond acceptors (Lipinski definition) is 2. The Morgan fingerprint density at radius 2 is 1.38 bits per heavy atom. The van der Waals surface area contributed by atoms with Gasteiger partial charge in [-0.25, -0.2) is 0 Å². The smallest absolute Gasteiger partial charge is 0.0878 e. The summed E-state index contributed by atoms with van der Waals surface area (Å²) in [7, 11) is 0. The molecule has 1 N–H and O–H groups in total. The molecule has 0 rings (SSSR count). The van der Waals surface area contributed by atoms with E-state index in [1.54, 1.807) is 0 Å². The first-order chi connectivity index (χ1) is 5.74. The van der Waals surface area contributed by atoms with Crippen LogP contribution in [0.2, 0.25) is 0 Å². The Morgan fingerprint density at radius 1 is 0.923 bits per heavy atom.